The van der Waals surface area contributed by atoms with Crippen molar-refractivity contribution in [3.05, 3.63) is 70.8 Å². The molecular formula is C26H31NO5. The topological polar surface area (TPSA) is 76.1 Å². The summed E-state index contributed by atoms with van der Waals surface area (Å²) in [6.45, 7) is 7.47. The fourth-order valence-electron chi connectivity index (χ4n) is 3.93. The Hall–Kier alpha value is -3.12. The zero-order valence-electron chi connectivity index (χ0n) is 19.1. The minimum Gasteiger partial charge on any atom is -0.507 e. The molecule has 170 valence electrons. The fraction of sp³-hybridized carbons (Fsp3) is 0.385. The van der Waals surface area contributed by atoms with Crippen LogP contribution in [-0.4, -0.2) is 48.6 Å². The molecule has 1 saturated heterocycles. The van der Waals surface area contributed by atoms with Crippen LogP contribution in [0, 0.1) is 0 Å². The second-order valence-corrected chi connectivity index (χ2v) is 8.12. The maximum atomic E-state index is 13.0. The molecule has 6 heteroatoms. The third kappa shape index (κ3) is 4.86. The molecule has 0 aliphatic carbocycles. The van der Waals surface area contributed by atoms with Gasteiger partial charge in [0.15, 0.2) is 0 Å². The molecule has 1 aliphatic heterocycles. The van der Waals surface area contributed by atoms with Gasteiger partial charge in [0.2, 0.25) is 0 Å². The first-order valence-corrected chi connectivity index (χ1v) is 11.0. The minimum absolute atomic E-state index is 0.105. The highest BCUT2D eigenvalue weighted by Gasteiger charge is 2.45. The number of amides is 1. The van der Waals surface area contributed by atoms with Crippen molar-refractivity contribution in [2.24, 2.45) is 0 Å². The van der Waals surface area contributed by atoms with Gasteiger partial charge in [0.1, 0.15) is 11.5 Å². The SMILES string of the molecule is CCOc1ccc(/C(O)=C2\C(=O)C(=O)N(CCCOC)C2c2ccc(C(C)C)cc2)cc1. The summed E-state index contributed by atoms with van der Waals surface area (Å²) < 4.78 is 10.6. The summed E-state index contributed by atoms with van der Waals surface area (Å²) in [7, 11) is 1.60. The molecule has 1 N–H and O–H groups in total. The largest absolute Gasteiger partial charge is 0.507 e. The maximum absolute atomic E-state index is 13.0. The molecule has 32 heavy (non-hydrogen) atoms. The van der Waals surface area contributed by atoms with Crippen molar-refractivity contribution in [2.75, 3.05) is 26.9 Å². The van der Waals surface area contributed by atoms with Crippen molar-refractivity contribution in [3.8, 4) is 5.75 Å². The highest BCUT2D eigenvalue weighted by Crippen LogP contribution is 2.40. The minimum atomic E-state index is -0.674. The molecular weight excluding hydrogens is 406 g/mol. The van der Waals surface area contributed by atoms with Gasteiger partial charge in [0.05, 0.1) is 18.2 Å². The number of hydrogen-bond donors (Lipinski definition) is 1. The number of Topliss-reactive ketones (excluding diaryl/α,β-unsaturated/α-hetero) is 1. The van der Waals surface area contributed by atoms with Crippen LogP contribution in [0.4, 0.5) is 0 Å². The summed E-state index contributed by atoms with van der Waals surface area (Å²) in [5.74, 6) is -0.428. The Morgan fingerprint density at radius 2 is 1.72 bits per heavy atom. The van der Waals surface area contributed by atoms with Gasteiger partial charge in [0, 0.05) is 25.8 Å². The molecule has 0 saturated carbocycles. The number of carbonyl (C=O) groups excluding carboxylic acids is 2. The first-order chi connectivity index (χ1) is 15.4. The van der Waals surface area contributed by atoms with Crippen molar-refractivity contribution >= 4 is 17.4 Å². The van der Waals surface area contributed by atoms with E-state index in [4.69, 9.17) is 9.47 Å². The van der Waals surface area contributed by atoms with Gasteiger partial charge in [-0.25, -0.2) is 0 Å². The zero-order valence-corrected chi connectivity index (χ0v) is 19.1. The van der Waals surface area contributed by atoms with E-state index in [1.807, 2.05) is 31.2 Å². The molecule has 2 aromatic rings. The number of rotatable bonds is 9. The average molecular weight is 438 g/mol. The van der Waals surface area contributed by atoms with E-state index >= 15 is 0 Å². The van der Waals surface area contributed by atoms with Crippen LogP contribution >= 0.6 is 0 Å². The number of ketones is 1. The van der Waals surface area contributed by atoms with E-state index in [0.29, 0.717) is 43.4 Å². The fourth-order valence-corrected chi connectivity index (χ4v) is 3.93. The van der Waals surface area contributed by atoms with Crippen LogP contribution in [0.1, 0.15) is 55.8 Å². The van der Waals surface area contributed by atoms with Crippen molar-refractivity contribution in [2.45, 2.75) is 39.2 Å². The van der Waals surface area contributed by atoms with Gasteiger partial charge in [-0.2, -0.15) is 0 Å². The van der Waals surface area contributed by atoms with Crippen LogP contribution in [-0.2, 0) is 14.3 Å². The lowest BCUT2D eigenvalue weighted by Gasteiger charge is -2.25. The summed E-state index contributed by atoms with van der Waals surface area (Å²) in [6.07, 6.45) is 0.590. The lowest BCUT2D eigenvalue weighted by Crippen LogP contribution is -2.31. The molecule has 1 atom stereocenters. The number of benzene rings is 2. The molecule has 0 bridgehead atoms. The molecule has 3 rings (SSSR count). The number of hydrogen-bond acceptors (Lipinski definition) is 5. The summed E-state index contributed by atoms with van der Waals surface area (Å²) in [6, 6.07) is 14.1. The Labute approximate surface area is 189 Å². The highest BCUT2D eigenvalue weighted by molar-refractivity contribution is 6.46. The molecule has 0 spiro atoms. The summed E-state index contributed by atoms with van der Waals surface area (Å²) in [5, 5.41) is 11.1. The standard InChI is InChI=1S/C26H31NO5/c1-5-32-21-13-11-20(12-14-21)24(28)22-23(19-9-7-18(8-10-19)17(2)3)27(15-6-16-31-4)26(30)25(22)29/h7-14,17,23,28H,5-6,15-16H2,1-4H3/b24-22+. The quantitative estimate of drug-likeness (QED) is 0.267. The van der Waals surface area contributed by atoms with Crippen molar-refractivity contribution < 1.29 is 24.2 Å². The van der Waals surface area contributed by atoms with Crippen LogP contribution in [0.3, 0.4) is 0 Å². The highest BCUT2D eigenvalue weighted by atomic mass is 16.5. The predicted octanol–water partition coefficient (Wildman–Crippen LogP) is 4.67. The number of likely N-dealkylation sites (tertiary alicyclic amines) is 1. The van der Waals surface area contributed by atoms with Crippen molar-refractivity contribution in [1.29, 1.82) is 0 Å². The first kappa shape index (κ1) is 23.5. The second kappa shape index (κ2) is 10.5. The van der Waals surface area contributed by atoms with E-state index < -0.39 is 17.7 Å². The molecule has 0 aromatic heterocycles. The van der Waals surface area contributed by atoms with Gasteiger partial charge < -0.3 is 19.5 Å². The molecule has 1 aliphatic rings. The Morgan fingerprint density at radius 3 is 2.28 bits per heavy atom. The smallest absolute Gasteiger partial charge is 0.295 e. The van der Waals surface area contributed by atoms with Gasteiger partial charge >= 0.3 is 0 Å². The van der Waals surface area contributed by atoms with Crippen LogP contribution in [0.25, 0.3) is 5.76 Å². The van der Waals surface area contributed by atoms with E-state index in [2.05, 4.69) is 13.8 Å². The first-order valence-electron chi connectivity index (χ1n) is 11.0. The van der Waals surface area contributed by atoms with Gasteiger partial charge in [-0.3, -0.25) is 9.59 Å². The number of aliphatic hydroxyl groups excluding tert-OH is 1. The van der Waals surface area contributed by atoms with Gasteiger partial charge in [-0.05, 0) is 54.7 Å². The Kier molecular flexibility index (Phi) is 7.70. The molecule has 6 nitrogen and oxygen atoms in total. The second-order valence-electron chi connectivity index (χ2n) is 8.12. The Bertz CT molecular complexity index is 976. The number of methoxy groups -OCH3 is 1. The van der Waals surface area contributed by atoms with E-state index in [1.165, 1.54) is 4.90 Å². The zero-order chi connectivity index (χ0) is 23.3. The van der Waals surface area contributed by atoms with E-state index in [0.717, 1.165) is 11.1 Å². The van der Waals surface area contributed by atoms with Gasteiger partial charge in [0.25, 0.3) is 11.7 Å². The summed E-state index contributed by atoms with van der Waals surface area (Å²) in [4.78, 5) is 27.5. The third-order valence-electron chi connectivity index (χ3n) is 5.65. The van der Waals surface area contributed by atoms with E-state index in [-0.39, 0.29) is 11.3 Å². The maximum Gasteiger partial charge on any atom is 0.295 e. The van der Waals surface area contributed by atoms with E-state index in [9.17, 15) is 14.7 Å². The Balaban J connectivity index is 2.06. The lowest BCUT2D eigenvalue weighted by molar-refractivity contribution is -0.140. The van der Waals surface area contributed by atoms with Crippen molar-refractivity contribution in [1.82, 2.24) is 4.90 Å². The lowest BCUT2D eigenvalue weighted by atomic mass is 9.93. The van der Waals surface area contributed by atoms with Crippen LogP contribution in [0.15, 0.2) is 54.1 Å². The molecule has 1 amide bonds. The molecule has 1 unspecified atom stereocenters. The van der Waals surface area contributed by atoms with Gasteiger partial charge in [-0.15, -0.1) is 0 Å². The predicted molar refractivity (Wildman–Crippen MR) is 124 cm³/mol. The van der Waals surface area contributed by atoms with E-state index in [1.54, 1.807) is 31.4 Å². The van der Waals surface area contributed by atoms with Crippen LogP contribution in [0.2, 0.25) is 0 Å². The van der Waals surface area contributed by atoms with Crippen LogP contribution in [0.5, 0.6) is 5.75 Å². The van der Waals surface area contributed by atoms with Crippen molar-refractivity contribution in [3.63, 3.8) is 0 Å². The third-order valence-corrected chi connectivity index (χ3v) is 5.65. The normalized spacial score (nSPS) is 17.9. The number of aliphatic hydroxyl groups is 1. The average Bonchev–Trinajstić information content (AvgIpc) is 3.04. The molecule has 2 aromatic carbocycles. The number of carbonyl (C=O) groups is 2. The Morgan fingerprint density at radius 1 is 1.06 bits per heavy atom. The number of nitrogens with zero attached hydrogens (tertiary/aromatic N) is 1. The van der Waals surface area contributed by atoms with Gasteiger partial charge in [-0.1, -0.05) is 38.1 Å². The number of ether oxygens (including phenoxy) is 2. The van der Waals surface area contributed by atoms with Crippen LogP contribution < -0.4 is 4.74 Å². The monoisotopic (exact) mass is 437 g/mol. The summed E-state index contributed by atoms with van der Waals surface area (Å²) in [5.41, 5.74) is 2.52. The molecule has 1 heterocycles. The molecule has 0 radical (unpaired) electrons. The summed E-state index contributed by atoms with van der Waals surface area (Å²) >= 11 is 0. The molecule has 1 fully saturated rings.